The highest BCUT2D eigenvalue weighted by Crippen LogP contribution is 2.28. The summed E-state index contributed by atoms with van der Waals surface area (Å²) in [5.74, 6) is -0.308. The van der Waals surface area contributed by atoms with Crippen molar-refractivity contribution in [1.29, 1.82) is 0 Å². The maximum absolute atomic E-state index is 13.3. The molecule has 8 heteroatoms. The number of urea groups is 1. The summed E-state index contributed by atoms with van der Waals surface area (Å²) in [7, 11) is 1.55. The Morgan fingerprint density at radius 3 is 2.38 bits per heavy atom. The summed E-state index contributed by atoms with van der Waals surface area (Å²) in [6.07, 6.45) is 1.98. The van der Waals surface area contributed by atoms with Gasteiger partial charge < -0.3 is 10.5 Å². The van der Waals surface area contributed by atoms with Crippen LogP contribution in [-0.2, 0) is 4.74 Å². The number of benzene rings is 2. The van der Waals surface area contributed by atoms with Gasteiger partial charge in [-0.25, -0.2) is 9.79 Å². The number of amides is 2. The van der Waals surface area contributed by atoms with Crippen molar-refractivity contribution in [3.8, 4) is 0 Å². The lowest BCUT2D eigenvalue weighted by Gasteiger charge is -2.31. The Morgan fingerprint density at radius 1 is 1.09 bits per heavy atom. The van der Waals surface area contributed by atoms with Crippen molar-refractivity contribution in [1.82, 2.24) is 4.90 Å². The quantitative estimate of drug-likeness (QED) is 0.753. The van der Waals surface area contributed by atoms with Crippen molar-refractivity contribution < 1.29 is 19.1 Å². The van der Waals surface area contributed by atoms with Gasteiger partial charge in [0.25, 0.3) is 0 Å². The van der Waals surface area contributed by atoms with Crippen LogP contribution in [0.5, 0.6) is 0 Å². The third kappa shape index (κ3) is 4.19. The van der Waals surface area contributed by atoms with E-state index in [-0.39, 0.29) is 17.3 Å². The zero-order valence-corrected chi connectivity index (χ0v) is 18.0. The second-order valence-corrected chi connectivity index (χ2v) is 7.88. The van der Waals surface area contributed by atoms with Crippen molar-refractivity contribution >= 4 is 34.7 Å². The average Bonchev–Trinajstić information content (AvgIpc) is 3.33. The molecular formula is C24H26N4O4. The number of hydrogen-bond acceptors (Lipinski definition) is 6. The molecule has 1 aliphatic carbocycles. The first kappa shape index (κ1) is 21.9. The van der Waals surface area contributed by atoms with Gasteiger partial charge in [0.2, 0.25) is 5.78 Å². The highest BCUT2D eigenvalue weighted by atomic mass is 16.5. The van der Waals surface area contributed by atoms with Crippen LogP contribution in [0, 0.1) is 0 Å². The van der Waals surface area contributed by atoms with Gasteiger partial charge in [0.1, 0.15) is 11.8 Å². The zero-order chi connectivity index (χ0) is 22.7. The van der Waals surface area contributed by atoms with E-state index in [1.54, 1.807) is 55.6 Å². The van der Waals surface area contributed by atoms with Crippen LogP contribution in [0.1, 0.15) is 33.6 Å². The van der Waals surface area contributed by atoms with Gasteiger partial charge in [0.15, 0.2) is 5.78 Å². The van der Waals surface area contributed by atoms with Gasteiger partial charge in [0, 0.05) is 23.9 Å². The number of aliphatic imine (C=N–C) groups is 1. The molecule has 2 aromatic rings. The van der Waals surface area contributed by atoms with Crippen molar-refractivity contribution in [2.75, 3.05) is 38.3 Å². The predicted molar refractivity (Wildman–Crippen MR) is 122 cm³/mol. The number of nitrogens with two attached hydrogens (primary N) is 1. The number of anilines is 1. The molecule has 0 radical (unpaired) electrons. The third-order valence-corrected chi connectivity index (χ3v) is 5.88. The van der Waals surface area contributed by atoms with Gasteiger partial charge in [-0.1, -0.05) is 24.3 Å². The van der Waals surface area contributed by atoms with E-state index < -0.39 is 12.1 Å². The van der Waals surface area contributed by atoms with E-state index in [9.17, 15) is 14.4 Å². The van der Waals surface area contributed by atoms with E-state index in [1.807, 2.05) is 4.90 Å². The molecule has 2 aromatic carbocycles. The van der Waals surface area contributed by atoms with Crippen molar-refractivity contribution in [3.63, 3.8) is 0 Å². The Hall–Kier alpha value is -3.36. The molecule has 1 aliphatic heterocycles. The molecule has 4 rings (SSSR count). The Labute approximate surface area is 186 Å². The highest BCUT2D eigenvalue weighted by Gasteiger charge is 2.42. The summed E-state index contributed by atoms with van der Waals surface area (Å²) in [6, 6.07) is 12.5. The number of methoxy groups -OCH3 is 1. The van der Waals surface area contributed by atoms with Crippen LogP contribution in [-0.4, -0.2) is 67.6 Å². The molecule has 8 nitrogen and oxygen atoms in total. The third-order valence-electron chi connectivity index (χ3n) is 5.88. The van der Waals surface area contributed by atoms with Gasteiger partial charge in [-0.2, -0.15) is 0 Å². The summed E-state index contributed by atoms with van der Waals surface area (Å²) in [4.78, 5) is 46.5. The van der Waals surface area contributed by atoms with Crippen molar-refractivity contribution in [2.45, 2.75) is 18.9 Å². The number of nitrogens with zero attached hydrogens (tertiary/aromatic N) is 3. The topological polar surface area (TPSA) is 105 Å². The minimum atomic E-state index is -0.677. The first-order valence-corrected chi connectivity index (χ1v) is 10.7. The lowest BCUT2D eigenvalue weighted by molar-refractivity contribution is 0.0873. The Bertz CT molecular complexity index is 1060. The van der Waals surface area contributed by atoms with E-state index in [4.69, 9.17) is 10.5 Å². The molecule has 2 aliphatic rings. The van der Waals surface area contributed by atoms with Gasteiger partial charge in [-0.05, 0) is 50.2 Å². The molecule has 1 unspecified atom stereocenters. The first-order valence-electron chi connectivity index (χ1n) is 10.7. The van der Waals surface area contributed by atoms with Crippen LogP contribution < -0.4 is 10.6 Å². The molecule has 1 saturated heterocycles. The maximum atomic E-state index is 13.3. The number of ketones is 2. The SMILES string of the molecule is COCCN(C(N)=O)c1ccc(N=C2C(=O)c3ccccc3C(=O)C2N2CCCC2)cc1. The number of Topliss-reactive ketones (excluding diaryl/α,β-unsaturated/α-hetero) is 2. The van der Waals surface area contributed by atoms with Crippen LogP contribution in [0.3, 0.4) is 0 Å². The number of rotatable bonds is 6. The van der Waals surface area contributed by atoms with Gasteiger partial charge in [0.05, 0.1) is 18.8 Å². The van der Waals surface area contributed by atoms with Gasteiger partial charge >= 0.3 is 6.03 Å². The minimum Gasteiger partial charge on any atom is -0.383 e. The zero-order valence-electron chi connectivity index (χ0n) is 18.0. The van der Waals surface area contributed by atoms with E-state index in [0.29, 0.717) is 35.7 Å². The van der Waals surface area contributed by atoms with Crippen LogP contribution in [0.4, 0.5) is 16.2 Å². The summed E-state index contributed by atoms with van der Waals surface area (Å²) in [5, 5.41) is 0. The highest BCUT2D eigenvalue weighted by molar-refractivity contribution is 6.55. The summed E-state index contributed by atoms with van der Waals surface area (Å²) in [6.45, 7) is 2.19. The Balaban J connectivity index is 1.70. The Kier molecular flexibility index (Phi) is 6.43. The summed E-state index contributed by atoms with van der Waals surface area (Å²) < 4.78 is 5.03. The lowest BCUT2D eigenvalue weighted by Crippen LogP contribution is -2.51. The second-order valence-electron chi connectivity index (χ2n) is 7.88. The van der Waals surface area contributed by atoms with Gasteiger partial charge in [-0.15, -0.1) is 0 Å². The van der Waals surface area contributed by atoms with Gasteiger partial charge in [-0.3, -0.25) is 19.4 Å². The van der Waals surface area contributed by atoms with E-state index in [1.165, 1.54) is 4.90 Å². The number of carbonyl (C=O) groups is 3. The summed E-state index contributed by atoms with van der Waals surface area (Å²) in [5.41, 5.74) is 7.71. The number of fused-ring (bicyclic) bond motifs is 1. The molecule has 1 fully saturated rings. The number of carbonyl (C=O) groups excluding carboxylic acids is 3. The fourth-order valence-corrected chi connectivity index (χ4v) is 4.28. The number of primary amides is 1. The predicted octanol–water partition coefficient (Wildman–Crippen LogP) is 2.83. The van der Waals surface area contributed by atoms with E-state index in [0.717, 1.165) is 25.9 Å². The molecular weight excluding hydrogens is 408 g/mol. The minimum absolute atomic E-state index is 0.0862. The van der Waals surface area contributed by atoms with Crippen LogP contribution in [0.2, 0.25) is 0 Å². The first-order chi connectivity index (χ1) is 15.5. The number of hydrogen-bond donors (Lipinski definition) is 1. The standard InChI is InChI=1S/C24H26N4O4/c1-32-15-14-28(24(25)31)17-10-8-16(9-11-17)26-20-21(27-12-4-5-13-27)23(30)19-7-3-2-6-18(19)22(20)29/h2-3,6-11,21H,4-5,12-15H2,1H3,(H2,25,31). The van der Waals surface area contributed by atoms with E-state index >= 15 is 0 Å². The monoisotopic (exact) mass is 434 g/mol. The Morgan fingerprint density at radius 2 is 1.75 bits per heavy atom. The molecule has 2 N–H and O–H groups in total. The largest absolute Gasteiger partial charge is 0.383 e. The average molecular weight is 434 g/mol. The van der Waals surface area contributed by atoms with Crippen molar-refractivity contribution in [2.24, 2.45) is 10.7 Å². The molecule has 0 bridgehead atoms. The molecule has 1 atom stereocenters. The molecule has 0 aromatic heterocycles. The number of ether oxygens (including phenoxy) is 1. The molecule has 0 saturated carbocycles. The normalized spacial score (nSPS) is 19.9. The van der Waals surface area contributed by atoms with E-state index in [2.05, 4.69) is 4.99 Å². The lowest BCUT2D eigenvalue weighted by atomic mass is 9.83. The molecule has 0 spiro atoms. The summed E-state index contributed by atoms with van der Waals surface area (Å²) >= 11 is 0. The fraction of sp³-hybridized carbons (Fsp3) is 0.333. The maximum Gasteiger partial charge on any atom is 0.319 e. The van der Waals surface area contributed by atoms with Crippen LogP contribution >= 0.6 is 0 Å². The molecule has 32 heavy (non-hydrogen) atoms. The molecule has 166 valence electrons. The van der Waals surface area contributed by atoms with Crippen LogP contribution in [0.15, 0.2) is 53.5 Å². The number of likely N-dealkylation sites (tertiary alicyclic amines) is 1. The molecule has 2 amide bonds. The fourth-order valence-electron chi connectivity index (χ4n) is 4.28. The smallest absolute Gasteiger partial charge is 0.319 e. The second kappa shape index (κ2) is 9.42. The van der Waals surface area contributed by atoms with Crippen molar-refractivity contribution in [3.05, 3.63) is 59.7 Å². The van der Waals surface area contributed by atoms with Crippen LogP contribution in [0.25, 0.3) is 0 Å². The molecule has 1 heterocycles.